The van der Waals surface area contributed by atoms with Gasteiger partial charge in [-0.15, -0.1) is 0 Å². The van der Waals surface area contributed by atoms with E-state index in [0.29, 0.717) is 18.5 Å². The summed E-state index contributed by atoms with van der Waals surface area (Å²) in [5.74, 6) is -0.525. The lowest BCUT2D eigenvalue weighted by Crippen LogP contribution is -2.18. The van der Waals surface area contributed by atoms with Crippen LogP contribution in [0.15, 0.2) is 12.5 Å². The van der Waals surface area contributed by atoms with Crippen molar-refractivity contribution in [3.63, 3.8) is 0 Å². The number of aromatic nitrogens is 3. The van der Waals surface area contributed by atoms with Crippen LogP contribution in [0.3, 0.4) is 0 Å². The van der Waals surface area contributed by atoms with Gasteiger partial charge in [0.15, 0.2) is 11.5 Å². The van der Waals surface area contributed by atoms with Crippen molar-refractivity contribution >= 4 is 24.7 Å². The zero-order chi connectivity index (χ0) is 15.9. The van der Waals surface area contributed by atoms with Gasteiger partial charge in [0.2, 0.25) is 0 Å². The molecule has 0 aromatic carbocycles. The fourth-order valence-corrected chi connectivity index (χ4v) is 2.83. The van der Waals surface area contributed by atoms with Crippen LogP contribution in [0.5, 0.6) is 0 Å². The Morgan fingerprint density at radius 1 is 1.59 bits per heavy atom. The number of halogens is 1. The Bertz CT molecular complexity index is 747. The first-order valence-corrected chi connectivity index (χ1v) is 7.95. The fourth-order valence-electron chi connectivity index (χ4n) is 2.47. The molecule has 0 amide bonds. The molecule has 9 nitrogen and oxygen atoms in total. The summed E-state index contributed by atoms with van der Waals surface area (Å²) < 4.78 is 35.9. The number of fused-ring (bicyclic) bond motifs is 1. The molecule has 3 heterocycles. The van der Waals surface area contributed by atoms with Crippen LogP contribution in [0.25, 0.3) is 11.0 Å². The number of ether oxygens (including phenoxy) is 1. The lowest BCUT2D eigenvalue weighted by Gasteiger charge is -2.19. The number of hydrogen-bond acceptors (Lipinski definition) is 7. The van der Waals surface area contributed by atoms with E-state index in [1.807, 2.05) is 0 Å². The van der Waals surface area contributed by atoms with E-state index in [1.165, 1.54) is 17.1 Å². The molecule has 1 saturated heterocycles. The highest BCUT2D eigenvalue weighted by molar-refractivity contribution is 7.44. The third-order valence-corrected chi connectivity index (χ3v) is 3.89. The molecule has 2 aromatic heterocycles. The molecule has 22 heavy (non-hydrogen) atoms. The van der Waals surface area contributed by atoms with E-state index in [0.717, 1.165) is 0 Å². The first kappa shape index (κ1) is 15.3. The number of nitrogen functional groups attached to an aromatic ring is 1. The van der Waals surface area contributed by atoms with Gasteiger partial charge in [-0.25, -0.2) is 14.4 Å². The van der Waals surface area contributed by atoms with E-state index >= 15 is 0 Å². The number of rotatable bonds is 4. The minimum absolute atomic E-state index is 0.0340. The molecule has 1 aliphatic rings. The highest BCUT2D eigenvalue weighted by atomic mass is 31.2. The molecule has 0 bridgehead atoms. The maximum Gasteiger partial charge on any atom is 0.265 e. The smallest absolute Gasteiger partial charge is 0.265 e. The SMILES string of the molecule is Nc1ncnc2c1c(F)cn2[C@H]1CC[C@@H](COP(=O)([O-])O)O1. The van der Waals surface area contributed by atoms with Gasteiger partial charge in [-0.2, -0.15) is 0 Å². The molecule has 1 fully saturated rings. The van der Waals surface area contributed by atoms with Crippen LogP contribution < -0.4 is 10.6 Å². The van der Waals surface area contributed by atoms with Crippen molar-refractivity contribution in [1.29, 1.82) is 0 Å². The Hall–Kier alpha value is -1.58. The van der Waals surface area contributed by atoms with Crippen molar-refractivity contribution < 1.29 is 28.0 Å². The molecule has 1 unspecified atom stereocenters. The van der Waals surface area contributed by atoms with Crippen LogP contribution in [-0.4, -0.2) is 32.1 Å². The zero-order valence-electron chi connectivity index (χ0n) is 11.3. The van der Waals surface area contributed by atoms with Gasteiger partial charge in [-0.05, 0) is 12.8 Å². The third-order valence-electron chi connectivity index (χ3n) is 3.41. The lowest BCUT2D eigenvalue weighted by atomic mass is 10.2. The van der Waals surface area contributed by atoms with E-state index in [4.69, 9.17) is 15.4 Å². The second-order valence-corrected chi connectivity index (χ2v) is 6.09. The molecule has 0 radical (unpaired) electrons. The largest absolute Gasteiger partial charge is 0.756 e. The van der Waals surface area contributed by atoms with Gasteiger partial charge in [0, 0.05) is 6.20 Å². The van der Waals surface area contributed by atoms with Gasteiger partial charge >= 0.3 is 0 Å². The van der Waals surface area contributed by atoms with Crippen LogP contribution in [0.1, 0.15) is 19.1 Å². The first-order valence-electron chi connectivity index (χ1n) is 6.45. The van der Waals surface area contributed by atoms with E-state index in [9.17, 15) is 13.8 Å². The molecule has 120 valence electrons. The van der Waals surface area contributed by atoms with E-state index < -0.39 is 26.0 Å². The van der Waals surface area contributed by atoms with E-state index in [-0.39, 0.29) is 17.8 Å². The Morgan fingerprint density at radius 2 is 2.36 bits per heavy atom. The standard InChI is InChI=1S/C11H14FN4O5P/c12-7-3-16(11-9(7)10(13)14-5-15-11)8-2-1-6(21-8)4-20-22(17,18)19/h3,5-6,8H,1-2,4H2,(H2,13,14,15)(H2,17,18,19)/p-1/t6-,8+/m0/s1. The predicted octanol–water partition coefficient (Wildman–Crippen LogP) is 0.307. The van der Waals surface area contributed by atoms with Gasteiger partial charge in [-0.3, -0.25) is 4.57 Å². The van der Waals surface area contributed by atoms with Crippen molar-refractivity contribution in [1.82, 2.24) is 14.5 Å². The van der Waals surface area contributed by atoms with E-state index in [1.54, 1.807) is 0 Å². The lowest BCUT2D eigenvalue weighted by molar-refractivity contribution is -0.222. The van der Waals surface area contributed by atoms with Crippen molar-refractivity contribution in [2.24, 2.45) is 0 Å². The first-order chi connectivity index (χ1) is 10.3. The van der Waals surface area contributed by atoms with Crippen LogP contribution in [0, 0.1) is 5.82 Å². The quantitative estimate of drug-likeness (QED) is 0.764. The molecule has 3 N–H and O–H groups in total. The average Bonchev–Trinajstić information content (AvgIpc) is 3.01. The second kappa shape index (κ2) is 5.56. The summed E-state index contributed by atoms with van der Waals surface area (Å²) in [6.07, 6.45) is 2.39. The molecule has 0 spiro atoms. The summed E-state index contributed by atoms with van der Waals surface area (Å²) in [4.78, 5) is 26.9. The minimum Gasteiger partial charge on any atom is -0.756 e. The molecular formula is C11H13FN4O5P-. The van der Waals surface area contributed by atoms with Crippen molar-refractivity contribution in [3.8, 4) is 0 Å². The summed E-state index contributed by atoms with van der Waals surface area (Å²) in [6, 6.07) is 0. The zero-order valence-corrected chi connectivity index (χ0v) is 12.1. The van der Waals surface area contributed by atoms with Gasteiger partial charge in [0.05, 0.1) is 18.1 Å². The summed E-state index contributed by atoms with van der Waals surface area (Å²) in [5.41, 5.74) is 5.93. The van der Waals surface area contributed by atoms with Crippen LogP contribution in [-0.2, 0) is 13.8 Å². The number of nitrogens with two attached hydrogens (primary N) is 1. The third kappa shape index (κ3) is 2.96. The Morgan fingerprint density at radius 3 is 3.09 bits per heavy atom. The second-order valence-electron chi connectivity index (χ2n) is 4.90. The Balaban J connectivity index is 1.79. The van der Waals surface area contributed by atoms with E-state index in [2.05, 4.69) is 14.5 Å². The topological polar surface area (TPSA) is 136 Å². The molecule has 3 atom stereocenters. The Labute approximate surface area is 124 Å². The minimum atomic E-state index is -4.79. The average molecular weight is 331 g/mol. The summed E-state index contributed by atoms with van der Waals surface area (Å²) in [6.45, 7) is -0.299. The van der Waals surface area contributed by atoms with Gasteiger partial charge in [-0.1, -0.05) is 0 Å². The molecule has 3 rings (SSSR count). The maximum atomic E-state index is 14.0. The molecule has 0 saturated carbocycles. The Kier molecular flexibility index (Phi) is 3.87. The highest BCUT2D eigenvalue weighted by Crippen LogP contribution is 2.36. The molecular weight excluding hydrogens is 318 g/mol. The molecule has 11 heteroatoms. The molecule has 0 aliphatic carbocycles. The van der Waals surface area contributed by atoms with Crippen LogP contribution in [0.2, 0.25) is 0 Å². The van der Waals surface area contributed by atoms with Gasteiger partial charge in [0.25, 0.3) is 7.82 Å². The predicted molar refractivity (Wildman–Crippen MR) is 70.8 cm³/mol. The maximum absolute atomic E-state index is 14.0. The number of nitrogens with zero attached hydrogens (tertiary/aromatic N) is 3. The van der Waals surface area contributed by atoms with Gasteiger partial charge < -0.3 is 29.3 Å². The summed E-state index contributed by atoms with van der Waals surface area (Å²) >= 11 is 0. The number of hydrogen-bond donors (Lipinski definition) is 2. The number of anilines is 1. The summed E-state index contributed by atoms with van der Waals surface area (Å²) in [5, 5.41) is 0.116. The fraction of sp³-hybridized carbons (Fsp3) is 0.455. The monoisotopic (exact) mass is 331 g/mol. The van der Waals surface area contributed by atoms with Crippen LogP contribution in [0.4, 0.5) is 10.2 Å². The van der Waals surface area contributed by atoms with Crippen molar-refractivity contribution in [3.05, 3.63) is 18.3 Å². The highest BCUT2D eigenvalue weighted by Gasteiger charge is 2.29. The molecule has 2 aromatic rings. The number of phosphoric ester groups is 1. The normalized spacial score (nSPS) is 24.7. The van der Waals surface area contributed by atoms with Crippen molar-refractivity contribution in [2.75, 3.05) is 12.3 Å². The summed E-state index contributed by atoms with van der Waals surface area (Å²) in [7, 11) is -4.79. The number of phosphoric acid groups is 1. The van der Waals surface area contributed by atoms with Crippen LogP contribution >= 0.6 is 7.82 Å². The molecule has 1 aliphatic heterocycles. The van der Waals surface area contributed by atoms with Crippen molar-refractivity contribution in [2.45, 2.75) is 25.2 Å². The van der Waals surface area contributed by atoms with Gasteiger partial charge in [0.1, 0.15) is 18.4 Å².